The molecular formula is C20H20N4O5. The molecule has 0 radical (unpaired) electrons. The molecule has 4 rings (SSSR count). The number of anilines is 2. The number of furan rings is 1. The Kier molecular flexibility index (Phi) is 4.79. The van der Waals surface area contributed by atoms with Gasteiger partial charge in [-0.25, -0.2) is 4.79 Å². The largest absolute Gasteiger partial charge is 0.459 e. The van der Waals surface area contributed by atoms with Gasteiger partial charge in [-0.05, 0) is 43.2 Å². The highest BCUT2D eigenvalue weighted by atomic mass is 16.3. The number of imide groups is 1. The minimum Gasteiger partial charge on any atom is -0.459 e. The standard InChI is InChI=1S/C20H20N4O5/c25-16(12-24-18(27)20(23-19(24)28)8-1-2-9-20)21-13-5-3-6-14(11-13)22-17(26)15-7-4-10-29-15/h3-7,10-11H,1-2,8-9,12H2,(H,21,25)(H,22,26)(H,23,28). The molecule has 150 valence electrons. The van der Waals surface area contributed by atoms with Gasteiger partial charge < -0.3 is 20.4 Å². The van der Waals surface area contributed by atoms with Gasteiger partial charge in [-0.3, -0.25) is 19.3 Å². The van der Waals surface area contributed by atoms with Gasteiger partial charge in [0.15, 0.2) is 5.76 Å². The average Bonchev–Trinajstić information content (AvgIpc) is 3.42. The number of carbonyl (C=O) groups excluding carboxylic acids is 4. The molecule has 1 saturated heterocycles. The van der Waals surface area contributed by atoms with E-state index < -0.39 is 23.4 Å². The van der Waals surface area contributed by atoms with Crippen LogP contribution in [0.1, 0.15) is 36.2 Å². The quantitative estimate of drug-likeness (QED) is 0.670. The van der Waals surface area contributed by atoms with Gasteiger partial charge in [-0.15, -0.1) is 0 Å². The summed E-state index contributed by atoms with van der Waals surface area (Å²) in [4.78, 5) is 50.2. The fourth-order valence-corrected chi connectivity index (χ4v) is 3.76. The molecule has 2 aromatic rings. The maximum absolute atomic E-state index is 12.6. The summed E-state index contributed by atoms with van der Waals surface area (Å²) in [5, 5.41) is 8.06. The van der Waals surface area contributed by atoms with Crippen molar-refractivity contribution in [3.8, 4) is 0 Å². The van der Waals surface area contributed by atoms with E-state index in [0.29, 0.717) is 24.2 Å². The molecule has 0 bridgehead atoms. The molecule has 3 N–H and O–H groups in total. The highest BCUT2D eigenvalue weighted by Gasteiger charge is 2.52. The van der Waals surface area contributed by atoms with Crippen LogP contribution in [0.25, 0.3) is 0 Å². The van der Waals surface area contributed by atoms with Gasteiger partial charge >= 0.3 is 6.03 Å². The molecule has 29 heavy (non-hydrogen) atoms. The second kappa shape index (κ2) is 7.42. The Labute approximate surface area is 166 Å². The number of urea groups is 1. The first-order valence-corrected chi connectivity index (χ1v) is 9.36. The molecule has 0 unspecified atom stereocenters. The second-order valence-electron chi connectivity index (χ2n) is 7.17. The van der Waals surface area contributed by atoms with Crippen molar-refractivity contribution >= 4 is 35.1 Å². The van der Waals surface area contributed by atoms with E-state index in [0.717, 1.165) is 17.7 Å². The van der Waals surface area contributed by atoms with E-state index >= 15 is 0 Å². The molecular weight excluding hydrogens is 376 g/mol. The van der Waals surface area contributed by atoms with Gasteiger partial charge in [0.1, 0.15) is 12.1 Å². The average molecular weight is 396 g/mol. The van der Waals surface area contributed by atoms with Crippen molar-refractivity contribution in [2.45, 2.75) is 31.2 Å². The fraction of sp³-hybridized carbons (Fsp3) is 0.300. The molecule has 0 atom stereocenters. The fourth-order valence-electron chi connectivity index (χ4n) is 3.76. The lowest BCUT2D eigenvalue weighted by molar-refractivity contribution is -0.133. The van der Waals surface area contributed by atoms with Crippen molar-refractivity contribution in [2.24, 2.45) is 0 Å². The lowest BCUT2D eigenvalue weighted by Gasteiger charge is -2.19. The van der Waals surface area contributed by atoms with Crippen LogP contribution < -0.4 is 16.0 Å². The minimum absolute atomic E-state index is 0.166. The van der Waals surface area contributed by atoms with Crippen molar-refractivity contribution < 1.29 is 23.6 Å². The number of amides is 5. The first kappa shape index (κ1) is 18.7. The van der Waals surface area contributed by atoms with E-state index in [1.807, 2.05) is 0 Å². The van der Waals surface area contributed by atoms with E-state index in [-0.39, 0.29) is 18.2 Å². The zero-order valence-electron chi connectivity index (χ0n) is 15.6. The normalized spacial score (nSPS) is 17.4. The van der Waals surface area contributed by atoms with Gasteiger partial charge in [0.2, 0.25) is 5.91 Å². The van der Waals surface area contributed by atoms with E-state index in [1.54, 1.807) is 30.3 Å². The van der Waals surface area contributed by atoms with Gasteiger partial charge in [-0.1, -0.05) is 18.9 Å². The van der Waals surface area contributed by atoms with Crippen LogP contribution in [0.4, 0.5) is 16.2 Å². The second-order valence-corrected chi connectivity index (χ2v) is 7.17. The number of hydrogen-bond acceptors (Lipinski definition) is 5. The van der Waals surface area contributed by atoms with Gasteiger partial charge in [-0.2, -0.15) is 0 Å². The zero-order valence-corrected chi connectivity index (χ0v) is 15.6. The number of carbonyl (C=O) groups is 4. The Hall–Kier alpha value is -3.62. The summed E-state index contributed by atoms with van der Waals surface area (Å²) < 4.78 is 5.04. The highest BCUT2D eigenvalue weighted by molar-refractivity contribution is 6.10. The summed E-state index contributed by atoms with van der Waals surface area (Å²) in [6.45, 7) is -0.366. The van der Waals surface area contributed by atoms with E-state index in [4.69, 9.17) is 4.42 Å². The Morgan fingerprint density at radius 1 is 1.07 bits per heavy atom. The number of hydrogen-bond donors (Lipinski definition) is 3. The third kappa shape index (κ3) is 3.71. The van der Waals surface area contributed by atoms with Crippen molar-refractivity contribution in [3.63, 3.8) is 0 Å². The highest BCUT2D eigenvalue weighted by Crippen LogP contribution is 2.34. The summed E-state index contributed by atoms with van der Waals surface area (Å²) in [5.41, 5.74) is 0.0481. The predicted octanol–water partition coefficient (Wildman–Crippen LogP) is 2.33. The molecule has 2 heterocycles. The third-order valence-electron chi connectivity index (χ3n) is 5.15. The Balaban J connectivity index is 1.38. The van der Waals surface area contributed by atoms with Crippen LogP contribution in [0, 0.1) is 0 Å². The number of rotatable bonds is 5. The van der Waals surface area contributed by atoms with Gasteiger partial charge in [0, 0.05) is 11.4 Å². The van der Waals surface area contributed by atoms with E-state index in [2.05, 4.69) is 16.0 Å². The molecule has 5 amide bonds. The smallest absolute Gasteiger partial charge is 0.325 e. The molecule has 1 aliphatic heterocycles. The Bertz CT molecular complexity index is 963. The summed E-state index contributed by atoms with van der Waals surface area (Å²) >= 11 is 0. The molecule has 2 fully saturated rings. The molecule has 2 aliphatic rings. The van der Waals surface area contributed by atoms with E-state index in [9.17, 15) is 19.2 Å². The summed E-state index contributed by atoms with van der Waals surface area (Å²) in [5.74, 6) is -1.09. The van der Waals surface area contributed by atoms with Crippen molar-refractivity contribution in [2.75, 3.05) is 17.2 Å². The van der Waals surface area contributed by atoms with Crippen molar-refractivity contribution in [1.82, 2.24) is 10.2 Å². The van der Waals surface area contributed by atoms with Crippen LogP contribution in [-0.2, 0) is 9.59 Å². The third-order valence-corrected chi connectivity index (χ3v) is 5.15. The number of nitrogens with zero attached hydrogens (tertiary/aromatic N) is 1. The molecule has 1 aromatic carbocycles. The molecule has 1 spiro atoms. The van der Waals surface area contributed by atoms with Gasteiger partial charge in [0.05, 0.1) is 6.26 Å². The van der Waals surface area contributed by atoms with Crippen LogP contribution >= 0.6 is 0 Å². The molecule has 9 heteroatoms. The van der Waals surface area contributed by atoms with E-state index in [1.165, 1.54) is 12.3 Å². The Morgan fingerprint density at radius 3 is 2.48 bits per heavy atom. The first-order chi connectivity index (χ1) is 14.0. The summed E-state index contributed by atoms with van der Waals surface area (Å²) in [7, 11) is 0. The van der Waals surface area contributed by atoms with Crippen LogP contribution in [0.3, 0.4) is 0 Å². The Morgan fingerprint density at radius 2 is 1.79 bits per heavy atom. The molecule has 1 aliphatic carbocycles. The first-order valence-electron chi connectivity index (χ1n) is 9.36. The predicted molar refractivity (Wildman–Crippen MR) is 103 cm³/mol. The number of benzene rings is 1. The summed E-state index contributed by atoms with van der Waals surface area (Å²) in [6.07, 6.45) is 4.36. The van der Waals surface area contributed by atoms with Gasteiger partial charge in [0.25, 0.3) is 11.8 Å². The van der Waals surface area contributed by atoms with Crippen molar-refractivity contribution in [3.05, 3.63) is 48.4 Å². The zero-order chi connectivity index (χ0) is 20.4. The minimum atomic E-state index is -0.840. The SMILES string of the molecule is O=C(CN1C(=O)NC2(CCCC2)C1=O)Nc1cccc(NC(=O)c2ccco2)c1. The van der Waals surface area contributed by atoms with Crippen LogP contribution in [0.2, 0.25) is 0 Å². The van der Waals surface area contributed by atoms with Crippen LogP contribution in [-0.4, -0.2) is 40.7 Å². The topological polar surface area (TPSA) is 121 Å². The summed E-state index contributed by atoms with van der Waals surface area (Å²) in [6, 6.07) is 9.15. The molecule has 1 aromatic heterocycles. The van der Waals surface area contributed by atoms with Crippen LogP contribution in [0.5, 0.6) is 0 Å². The maximum atomic E-state index is 12.6. The lowest BCUT2D eigenvalue weighted by Crippen LogP contribution is -2.44. The maximum Gasteiger partial charge on any atom is 0.325 e. The molecule has 1 saturated carbocycles. The van der Waals surface area contributed by atoms with Crippen LogP contribution in [0.15, 0.2) is 47.1 Å². The molecule has 9 nitrogen and oxygen atoms in total. The monoisotopic (exact) mass is 396 g/mol. The van der Waals surface area contributed by atoms with Crippen molar-refractivity contribution in [1.29, 1.82) is 0 Å². The lowest BCUT2D eigenvalue weighted by atomic mass is 9.98. The number of nitrogens with one attached hydrogen (secondary N) is 3.